The van der Waals surface area contributed by atoms with Crippen LogP contribution < -0.4 is 15.4 Å². The number of rotatable bonds is 8. The fraction of sp³-hybridized carbons (Fsp3) is 0.571. The maximum atomic E-state index is 5.31. The number of hydrogen-bond acceptors (Lipinski definition) is 3. The van der Waals surface area contributed by atoms with E-state index in [0.29, 0.717) is 0 Å². The van der Waals surface area contributed by atoms with Crippen molar-refractivity contribution in [1.82, 2.24) is 5.32 Å². The van der Waals surface area contributed by atoms with E-state index in [1.807, 2.05) is 13.1 Å². The Balaban J connectivity index is 2.43. The molecule has 0 bridgehead atoms. The first-order valence-electron chi connectivity index (χ1n) is 6.37. The largest absolute Gasteiger partial charge is 0.496 e. The van der Waals surface area contributed by atoms with Gasteiger partial charge in [-0.25, -0.2) is 0 Å². The van der Waals surface area contributed by atoms with Crippen molar-refractivity contribution in [1.29, 1.82) is 0 Å². The lowest BCUT2D eigenvalue weighted by Crippen LogP contribution is -2.10. The quantitative estimate of drug-likeness (QED) is 0.681. The van der Waals surface area contributed by atoms with Crippen molar-refractivity contribution < 1.29 is 4.74 Å². The van der Waals surface area contributed by atoms with Crippen molar-refractivity contribution in [3.05, 3.63) is 23.8 Å². The number of hydrogen-bond donors (Lipinski definition) is 2. The molecule has 0 fully saturated rings. The summed E-state index contributed by atoms with van der Waals surface area (Å²) in [7, 11) is 3.71. The summed E-state index contributed by atoms with van der Waals surface area (Å²) < 4.78 is 5.31. The van der Waals surface area contributed by atoms with E-state index in [-0.39, 0.29) is 0 Å². The fourth-order valence-electron chi connectivity index (χ4n) is 1.82. The molecule has 0 saturated carbocycles. The molecule has 17 heavy (non-hydrogen) atoms. The van der Waals surface area contributed by atoms with Crippen LogP contribution in [0, 0.1) is 0 Å². The van der Waals surface area contributed by atoms with Gasteiger partial charge in [0.1, 0.15) is 5.75 Å². The lowest BCUT2D eigenvalue weighted by Gasteiger charge is -2.11. The number of methoxy groups -OCH3 is 1. The lowest BCUT2D eigenvalue weighted by molar-refractivity contribution is 0.410. The van der Waals surface area contributed by atoms with Gasteiger partial charge in [-0.15, -0.1) is 0 Å². The summed E-state index contributed by atoms with van der Waals surface area (Å²) >= 11 is 0. The molecule has 0 aliphatic carbocycles. The van der Waals surface area contributed by atoms with Gasteiger partial charge in [-0.1, -0.05) is 6.92 Å². The Labute approximate surface area is 105 Å². The molecule has 0 atom stereocenters. The minimum absolute atomic E-state index is 0.980. The molecule has 1 rings (SSSR count). The Kier molecular flexibility index (Phi) is 6.48. The topological polar surface area (TPSA) is 33.3 Å². The summed E-state index contributed by atoms with van der Waals surface area (Å²) in [5, 5.41) is 6.60. The standard InChI is InChI=1S/C14H24N2O/c1-4-12-11-13(7-8-14(12)17-3)16-10-6-5-9-15-2/h7-8,11,15-16H,4-6,9-10H2,1-3H3. The Morgan fingerprint density at radius 1 is 1.18 bits per heavy atom. The molecule has 2 N–H and O–H groups in total. The average molecular weight is 236 g/mol. The highest BCUT2D eigenvalue weighted by molar-refractivity contribution is 5.51. The number of ether oxygens (including phenoxy) is 1. The van der Waals surface area contributed by atoms with Gasteiger partial charge in [0.15, 0.2) is 0 Å². The first-order chi connectivity index (χ1) is 8.31. The van der Waals surface area contributed by atoms with Gasteiger partial charge in [0.05, 0.1) is 7.11 Å². The van der Waals surface area contributed by atoms with Gasteiger partial charge in [0.25, 0.3) is 0 Å². The van der Waals surface area contributed by atoms with Gasteiger partial charge >= 0.3 is 0 Å². The van der Waals surface area contributed by atoms with E-state index in [1.165, 1.54) is 24.1 Å². The average Bonchev–Trinajstić information content (AvgIpc) is 2.38. The first kappa shape index (κ1) is 13.8. The molecule has 0 aliphatic heterocycles. The minimum atomic E-state index is 0.980. The zero-order valence-corrected chi connectivity index (χ0v) is 11.2. The molecule has 0 radical (unpaired) electrons. The summed E-state index contributed by atoms with van der Waals surface area (Å²) in [5.41, 5.74) is 2.44. The number of unbranched alkanes of at least 4 members (excludes halogenated alkanes) is 1. The maximum Gasteiger partial charge on any atom is 0.122 e. The van der Waals surface area contributed by atoms with E-state index in [2.05, 4.69) is 29.7 Å². The van der Waals surface area contributed by atoms with E-state index in [1.54, 1.807) is 7.11 Å². The van der Waals surface area contributed by atoms with E-state index >= 15 is 0 Å². The van der Waals surface area contributed by atoms with Gasteiger partial charge in [0.2, 0.25) is 0 Å². The van der Waals surface area contributed by atoms with Crippen molar-refractivity contribution in [3.63, 3.8) is 0 Å². The molecule has 0 saturated heterocycles. The SMILES string of the molecule is CCc1cc(NCCCCNC)ccc1OC. The smallest absolute Gasteiger partial charge is 0.122 e. The van der Waals surface area contributed by atoms with Crippen LogP contribution in [-0.4, -0.2) is 27.2 Å². The van der Waals surface area contributed by atoms with Gasteiger partial charge in [-0.05, 0) is 56.6 Å². The van der Waals surface area contributed by atoms with Crippen LogP contribution >= 0.6 is 0 Å². The maximum absolute atomic E-state index is 5.31. The Morgan fingerprint density at radius 2 is 1.94 bits per heavy atom. The summed E-state index contributed by atoms with van der Waals surface area (Å²) in [6.07, 6.45) is 3.40. The van der Waals surface area contributed by atoms with Crippen molar-refractivity contribution in [3.8, 4) is 5.75 Å². The van der Waals surface area contributed by atoms with E-state index in [4.69, 9.17) is 4.74 Å². The number of nitrogens with one attached hydrogen (secondary N) is 2. The first-order valence-corrected chi connectivity index (χ1v) is 6.37. The van der Waals surface area contributed by atoms with Crippen LogP contribution in [0.2, 0.25) is 0 Å². The molecule has 0 aromatic heterocycles. The Hall–Kier alpha value is -1.22. The lowest BCUT2D eigenvalue weighted by atomic mass is 10.1. The van der Waals surface area contributed by atoms with Crippen molar-refractivity contribution in [2.45, 2.75) is 26.2 Å². The van der Waals surface area contributed by atoms with Crippen LogP contribution in [0.5, 0.6) is 5.75 Å². The minimum Gasteiger partial charge on any atom is -0.496 e. The van der Waals surface area contributed by atoms with Crippen LogP contribution in [0.1, 0.15) is 25.3 Å². The molecule has 0 heterocycles. The molecule has 1 aromatic rings. The highest BCUT2D eigenvalue weighted by Crippen LogP contribution is 2.22. The van der Waals surface area contributed by atoms with Gasteiger partial charge < -0.3 is 15.4 Å². The number of anilines is 1. The molecule has 3 nitrogen and oxygen atoms in total. The summed E-state index contributed by atoms with van der Waals surface area (Å²) in [6.45, 7) is 4.26. The highest BCUT2D eigenvalue weighted by Gasteiger charge is 2.01. The molecule has 0 spiro atoms. The second kappa shape index (κ2) is 7.96. The molecule has 0 amide bonds. The summed E-state index contributed by atoms with van der Waals surface area (Å²) in [5.74, 6) is 0.980. The van der Waals surface area contributed by atoms with Crippen LogP contribution in [0.25, 0.3) is 0 Å². The Morgan fingerprint density at radius 3 is 2.59 bits per heavy atom. The molecular weight excluding hydrogens is 212 g/mol. The van der Waals surface area contributed by atoms with E-state index in [9.17, 15) is 0 Å². The summed E-state index contributed by atoms with van der Waals surface area (Å²) in [6, 6.07) is 6.29. The molecule has 96 valence electrons. The van der Waals surface area contributed by atoms with Crippen LogP contribution in [0.3, 0.4) is 0 Å². The number of benzene rings is 1. The fourth-order valence-corrected chi connectivity index (χ4v) is 1.82. The zero-order valence-electron chi connectivity index (χ0n) is 11.2. The third kappa shape index (κ3) is 4.65. The van der Waals surface area contributed by atoms with Crippen molar-refractivity contribution >= 4 is 5.69 Å². The predicted octanol–water partition coefficient (Wildman–Crippen LogP) is 2.67. The predicted molar refractivity (Wildman–Crippen MR) is 74.0 cm³/mol. The van der Waals surface area contributed by atoms with Crippen molar-refractivity contribution in [2.24, 2.45) is 0 Å². The normalized spacial score (nSPS) is 10.3. The Bertz CT molecular complexity index is 326. The third-order valence-electron chi connectivity index (χ3n) is 2.84. The van der Waals surface area contributed by atoms with Crippen LogP contribution in [0.4, 0.5) is 5.69 Å². The summed E-state index contributed by atoms with van der Waals surface area (Å²) in [4.78, 5) is 0. The highest BCUT2D eigenvalue weighted by atomic mass is 16.5. The van der Waals surface area contributed by atoms with Gasteiger partial charge in [-0.3, -0.25) is 0 Å². The van der Waals surface area contributed by atoms with Crippen LogP contribution in [-0.2, 0) is 6.42 Å². The van der Waals surface area contributed by atoms with E-state index in [0.717, 1.165) is 25.3 Å². The number of aryl methyl sites for hydroxylation is 1. The van der Waals surface area contributed by atoms with Gasteiger partial charge in [0, 0.05) is 12.2 Å². The molecule has 0 unspecified atom stereocenters. The molecule has 1 aromatic carbocycles. The third-order valence-corrected chi connectivity index (χ3v) is 2.84. The second-order valence-electron chi connectivity index (χ2n) is 4.12. The zero-order chi connectivity index (χ0) is 12.5. The molecule has 0 aliphatic rings. The monoisotopic (exact) mass is 236 g/mol. The van der Waals surface area contributed by atoms with Crippen LogP contribution in [0.15, 0.2) is 18.2 Å². The second-order valence-corrected chi connectivity index (χ2v) is 4.12. The molecular formula is C14H24N2O. The molecule has 3 heteroatoms. The van der Waals surface area contributed by atoms with Crippen molar-refractivity contribution in [2.75, 3.05) is 32.6 Å². The van der Waals surface area contributed by atoms with E-state index < -0.39 is 0 Å². The van der Waals surface area contributed by atoms with Gasteiger partial charge in [-0.2, -0.15) is 0 Å².